The van der Waals surface area contributed by atoms with Crippen molar-refractivity contribution >= 4 is 45.8 Å². The van der Waals surface area contributed by atoms with Crippen molar-refractivity contribution in [1.82, 2.24) is 14.5 Å². The van der Waals surface area contributed by atoms with Crippen molar-refractivity contribution in [2.24, 2.45) is 5.73 Å². The van der Waals surface area contributed by atoms with Crippen LogP contribution in [-0.4, -0.2) is 68.7 Å². The monoisotopic (exact) mass is 410 g/mol. The SMILES string of the molecule is Cl.NCC(=O)NCC(=O)N1CCN(S(=O)(=O)c2cccc(Cl)c2)CC1. The Hall–Kier alpha value is -1.39. The van der Waals surface area contributed by atoms with Gasteiger partial charge in [0.15, 0.2) is 0 Å². The highest BCUT2D eigenvalue weighted by Gasteiger charge is 2.30. The molecule has 3 N–H and O–H groups in total. The molecule has 1 aliphatic rings. The third-order valence-electron chi connectivity index (χ3n) is 3.65. The molecule has 1 aliphatic heterocycles. The highest BCUT2D eigenvalue weighted by molar-refractivity contribution is 7.89. The highest BCUT2D eigenvalue weighted by Crippen LogP contribution is 2.20. The van der Waals surface area contributed by atoms with Crippen LogP contribution in [0.2, 0.25) is 5.02 Å². The van der Waals surface area contributed by atoms with Crippen LogP contribution in [0.15, 0.2) is 29.2 Å². The molecule has 8 nitrogen and oxygen atoms in total. The van der Waals surface area contributed by atoms with Gasteiger partial charge in [0, 0.05) is 31.2 Å². The van der Waals surface area contributed by atoms with Crippen molar-refractivity contribution in [2.45, 2.75) is 4.90 Å². The number of benzene rings is 1. The number of hydrogen-bond donors (Lipinski definition) is 2. The summed E-state index contributed by atoms with van der Waals surface area (Å²) in [6, 6.07) is 6.07. The second kappa shape index (κ2) is 9.35. The molecule has 0 unspecified atom stereocenters. The molecule has 1 aromatic carbocycles. The van der Waals surface area contributed by atoms with E-state index in [2.05, 4.69) is 5.32 Å². The van der Waals surface area contributed by atoms with Crippen molar-refractivity contribution in [3.05, 3.63) is 29.3 Å². The molecule has 25 heavy (non-hydrogen) atoms. The Labute approximate surface area is 157 Å². The number of nitrogens with two attached hydrogens (primary N) is 1. The molecule has 2 amide bonds. The molecule has 0 atom stereocenters. The third-order valence-corrected chi connectivity index (χ3v) is 5.78. The maximum absolute atomic E-state index is 12.6. The molecule has 0 radical (unpaired) electrons. The minimum atomic E-state index is -3.64. The summed E-state index contributed by atoms with van der Waals surface area (Å²) in [5.74, 6) is -0.679. The van der Waals surface area contributed by atoms with Crippen molar-refractivity contribution in [1.29, 1.82) is 0 Å². The van der Waals surface area contributed by atoms with Gasteiger partial charge in [-0.2, -0.15) is 4.31 Å². The Morgan fingerprint density at radius 2 is 1.84 bits per heavy atom. The molecular formula is C14H20Cl2N4O4S. The Bertz CT molecular complexity index is 721. The van der Waals surface area contributed by atoms with Crippen LogP contribution in [0.5, 0.6) is 0 Å². The number of carbonyl (C=O) groups excluding carboxylic acids is 2. The van der Waals surface area contributed by atoms with E-state index < -0.39 is 15.9 Å². The normalized spacial score (nSPS) is 15.4. The summed E-state index contributed by atoms with van der Waals surface area (Å²) in [6.45, 7) is 0.571. The van der Waals surface area contributed by atoms with Gasteiger partial charge in [0.25, 0.3) is 0 Å². The van der Waals surface area contributed by atoms with Crippen LogP contribution in [0, 0.1) is 0 Å². The van der Waals surface area contributed by atoms with Crippen molar-refractivity contribution in [2.75, 3.05) is 39.3 Å². The van der Waals surface area contributed by atoms with Crippen LogP contribution >= 0.6 is 24.0 Å². The molecular weight excluding hydrogens is 391 g/mol. The number of nitrogens with one attached hydrogen (secondary N) is 1. The van der Waals surface area contributed by atoms with E-state index in [-0.39, 0.29) is 62.5 Å². The highest BCUT2D eigenvalue weighted by atomic mass is 35.5. The lowest BCUT2D eigenvalue weighted by molar-refractivity contribution is -0.133. The van der Waals surface area contributed by atoms with Crippen LogP contribution in [0.1, 0.15) is 0 Å². The number of halogens is 2. The predicted molar refractivity (Wildman–Crippen MR) is 96.1 cm³/mol. The van der Waals surface area contributed by atoms with Gasteiger partial charge in [-0.1, -0.05) is 17.7 Å². The number of carbonyl (C=O) groups is 2. The van der Waals surface area contributed by atoms with Crippen LogP contribution in [0.4, 0.5) is 0 Å². The zero-order chi connectivity index (χ0) is 17.7. The van der Waals surface area contributed by atoms with E-state index in [4.69, 9.17) is 17.3 Å². The predicted octanol–water partition coefficient (Wildman–Crippen LogP) is -0.330. The smallest absolute Gasteiger partial charge is 0.243 e. The first-order chi connectivity index (χ1) is 11.3. The molecule has 1 saturated heterocycles. The summed E-state index contributed by atoms with van der Waals surface area (Å²) in [5, 5.41) is 2.75. The summed E-state index contributed by atoms with van der Waals surface area (Å²) in [4.78, 5) is 24.7. The standard InChI is InChI=1S/C14H19ClN4O4S.ClH/c15-11-2-1-3-12(8-11)24(22,23)19-6-4-18(5-7-19)14(21)10-17-13(20)9-16;/h1-3,8H,4-7,9-10,16H2,(H,17,20);1H. The van der Waals surface area contributed by atoms with Gasteiger partial charge in [0.05, 0.1) is 18.0 Å². The van der Waals surface area contributed by atoms with Crippen molar-refractivity contribution in [3.63, 3.8) is 0 Å². The van der Waals surface area contributed by atoms with Gasteiger partial charge >= 0.3 is 0 Å². The van der Waals surface area contributed by atoms with Crippen LogP contribution < -0.4 is 11.1 Å². The van der Waals surface area contributed by atoms with E-state index in [1.54, 1.807) is 12.1 Å². The van der Waals surface area contributed by atoms with E-state index in [0.29, 0.717) is 5.02 Å². The number of amides is 2. The van der Waals surface area contributed by atoms with E-state index in [1.165, 1.54) is 21.3 Å². The third kappa shape index (κ3) is 5.55. The zero-order valence-electron chi connectivity index (χ0n) is 13.4. The van der Waals surface area contributed by atoms with E-state index in [1.807, 2.05) is 0 Å². The Morgan fingerprint density at radius 3 is 2.40 bits per heavy atom. The van der Waals surface area contributed by atoms with Crippen LogP contribution in [-0.2, 0) is 19.6 Å². The fourth-order valence-corrected chi connectivity index (χ4v) is 4.04. The molecule has 0 bridgehead atoms. The van der Waals surface area contributed by atoms with E-state index in [0.717, 1.165) is 0 Å². The number of piperazine rings is 1. The molecule has 0 aliphatic carbocycles. The molecule has 2 rings (SSSR count). The van der Waals surface area contributed by atoms with Gasteiger partial charge < -0.3 is 16.0 Å². The summed E-state index contributed by atoms with van der Waals surface area (Å²) in [5.41, 5.74) is 5.15. The minimum absolute atomic E-state index is 0. The molecule has 1 fully saturated rings. The fraction of sp³-hybridized carbons (Fsp3) is 0.429. The summed E-state index contributed by atoms with van der Waals surface area (Å²) < 4.78 is 26.4. The first kappa shape index (κ1) is 21.7. The first-order valence-corrected chi connectivity index (χ1v) is 9.16. The average molecular weight is 411 g/mol. The lowest BCUT2D eigenvalue weighted by Gasteiger charge is -2.34. The van der Waals surface area contributed by atoms with Gasteiger partial charge in [-0.3, -0.25) is 9.59 Å². The molecule has 11 heteroatoms. The number of sulfonamides is 1. The van der Waals surface area contributed by atoms with Gasteiger partial charge in [-0.05, 0) is 18.2 Å². The lowest BCUT2D eigenvalue weighted by Crippen LogP contribution is -2.52. The van der Waals surface area contributed by atoms with Gasteiger partial charge in [-0.15, -0.1) is 12.4 Å². The van der Waals surface area contributed by atoms with Crippen LogP contribution in [0.3, 0.4) is 0 Å². The molecule has 0 saturated carbocycles. The van der Waals surface area contributed by atoms with E-state index in [9.17, 15) is 18.0 Å². The van der Waals surface area contributed by atoms with Gasteiger partial charge in [0.1, 0.15) is 0 Å². The molecule has 1 heterocycles. The Kier molecular flexibility index (Phi) is 8.10. The average Bonchev–Trinajstić information content (AvgIpc) is 2.59. The van der Waals surface area contributed by atoms with Crippen molar-refractivity contribution in [3.8, 4) is 0 Å². The molecule has 1 aromatic rings. The van der Waals surface area contributed by atoms with Gasteiger partial charge in [0.2, 0.25) is 21.8 Å². The summed E-state index contributed by atoms with van der Waals surface area (Å²) in [6.07, 6.45) is 0. The zero-order valence-corrected chi connectivity index (χ0v) is 15.7. The molecule has 0 aromatic heterocycles. The second-order valence-corrected chi connectivity index (χ2v) is 7.60. The quantitative estimate of drug-likeness (QED) is 0.689. The Morgan fingerprint density at radius 1 is 1.20 bits per heavy atom. The van der Waals surface area contributed by atoms with Crippen LogP contribution in [0.25, 0.3) is 0 Å². The van der Waals surface area contributed by atoms with Crippen molar-refractivity contribution < 1.29 is 18.0 Å². The molecule has 140 valence electrons. The summed E-state index contributed by atoms with van der Waals surface area (Å²) in [7, 11) is -3.64. The fourth-order valence-electron chi connectivity index (χ4n) is 2.31. The first-order valence-electron chi connectivity index (χ1n) is 7.35. The number of rotatable bonds is 5. The molecule has 0 spiro atoms. The van der Waals surface area contributed by atoms with E-state index >= 15 is 0 Å². The topological polar surface area (TPSA) is 113 Å². The maximum atomic E-state index is 12.6. The largest absolute Gasteiger partial charge is 0.346 e. The second-order valence-electron chi connectivity index (χ2n) is 5.22. The maximum Gasteiger partial charge on any atom is 0.243 e. The summed E-state index contributed by atoms with van der Waals surface area (Å²) >= 11 is 5.85. The number of nitrogens with zero attached hydrogens (tertiary/aromatic N) is 2. The Balaban J connectivity index is 0.00000312. The number of hydrogen-bond acceptors (Lipinski definition) is 5. The van der Waals surface area contributed by atoms with Gasteiger partial charge in [-0.25, -0.2) is 8.42 Å². The lowest BCUT2D eigenvalue weighted by atomic mass is 10.3. The minimum Gasteiger partial charge on any atom is -0.346 e.